The Hall–Kier alpha value is 1.06. The molecule has 26 heavy (non-hydrogen) atoms. The van der Waals surface area contributed by atoms with Crippen LogP contribution in [0.3, 0.4) is 0 Å². The molecule has 2 atom stereocenters. The first-order valence-electron chi connectivity index (χ1n) is 8.95. The zero-order valence-corrected chi connectivity index (χ0v) is 20.6. The van der Waals surface area contributed by atoms with Crippen LogP contribution < -0.4 is 60.8 Å². The molecule has 5 nitrogen and oxygen atoms in total. The number of aryl methyl sites for hydroxylation is 1. The van der Waals surface area contributed by atoms with Gasteiger partial charge in [-0.2, -0.15) is 0 Å². The van der Waals surface area contributed by atoms with E-state index in [4.69, 9.17) is 16.1 Å². The molecule has 1 rings (SSSR count). The topological polar surface area (TPSA) is 78.8 Å². The Labute approximate surface area is 204 Å². The van der Waals surface area contributed by atoms with Crippen LogP contribution in [-0.4, -0.2) is 23.7 Å². The van der Waals surface area contributed by atoms with Gasteiger partial charge in [0.05, 0.1) is 18.6 Å². The van der Waals surface area contributed by atoms with Crippen molar-refractivity contribution >= 4 is 19.4 Å². The van der Waals surface area contributed by atoms with Gasteiger partial charge in [-0.05, 0) is 24.5 Å². The van der Waals surface area contributed by atoms with E-state index in [1.807, 2.05) is 12.1 Å². The van der Waals surface area contributed by atoms with E-state index in [-0.39, 0.29) is 63.0 Å². The summed E-state index contributed by atoms with van der Waals surface area (Å²) in [6.07, 6.45) is 8.07. The number of para-hydroxylation sites is 1. The molecule has 0 heterocycles. The van der Waals surface area contributed by atoms with E-state index >= 15 is 0 Å². The molecular formula is C18H29ClKO5P. The molecule has 0 aliphatic heterocycles. The minimum Gasteiger partial charge on any atom is -0.746 e. The fraction of sp³-hybridized carbons (Fsp3) is 0.667. The van der Waals surface area contributed by atoms with Crippen LogP contribution in [0.4, 0.5) is 0 Å². The van der Waals surface area contributed by atoms with Gasteiger partial charge >= 0.3 is 59.2 Å². The first-order valence-corrected chi connectivity index (χ1v) is 10.9. The van der Waals surface area contributed by atoms with Crippen LogP contribution in [0.1, 0.15) is 57.4 Å². The number of halogens is 1. The average molecular weight is 431 g/mol. The molecule has 0 saturated heterocycles. The second-order valence-corrected chi connectivity index (χ2v) is 7.77. The molecule has 0 amide bonds. The van der Waals surface area contributed by atoms with Crippen molar-refractivity contribution in [2.45, 2.75) is 64.4 Å². The zero-order valence-electron chi connectivity index (χ0n) is 15.9. The summed E-state index contributed by atoms with van der Waals surface area (Å²) in [4.78, 5) is 11.9. The SMILES string of the molecule is CCCCCCCCCc1ccccc1OP(=O)([O-])OCC(O)CCl.[K+]. The molecule has 0 radical (unpaired) electrons. The molecule has 0 spiro atoms. The Balaban J connectivity index is 0.00000625. The largest absolute Gasteiger partial charge is 1.00 e. The van der Waals surface area contributed by atoms with Crippen molar-refractivity contribution in [1.82, 2.24) is 0 Å². The van der Waals surface area contributed by atoms with Gasteiger partial charge in [0.25, 0.3) is 0 Å². The van der Waals surface area contributed by atoms with Crippen LogP contribution >= 0.6 is 19.4 Å². The van der Waals surface area contributed by atoms with Crippen molar-refractivity contribution in [2.24, 2.45) is 0 Å². The predicted molar refractivity (Wildman–Crippen MR) is 99.1 cm³/mol. The fourth-order valence-electron chi connectivity index (χ4n) is 2.44. The Morgan fingerprint density at radius 3 is 2.42 bits per heavy atom. The predicted octanol–water partition coefficient (Wildman–Crippen LogP) is 1.45. The number of phosphoric ester groups is 1. The summed E-state index contributed by atoms with van der Waals surface area (Å²) in [5.41, 5.74) is 0.841. The van der Waals surface area contributed by atoms with E-state index in [2.05, 4.69) is 11.4 Å². The smallest absolute Gasteiger partial charge is 0.746 e. The van der Waals surface area contributed by atoms with Gasteiger partial charge in [0.2, 0.25) is 0 Å². The molecular weight excluding hydrogens is 402 g/mol. The summed E-state index contributed by atoms with van der Waals surface area (Å²) in [7, 11) is -4.53. The summed E-state index contributed by atoms with van der Waals surface area (Å²) in [5.74, 6) is 0.182. The molecule has 0 aromatic heterocycles. The van der Waals surface area contributed by atoms with Crippen LogP contribution in [-0.2, 0) is 15.5 Å². The van der Waals surface area contributed by atoms with Gasteiger partial charge in [-0.25, -0.2) is 0 Å². The summed E-state index contributed by atoms with van der Waals surface area (Å²) >= 11 is 5.41. The summed E-state index contributed by atoms with van der Waals surface area (Å²) in [6, 6.07) is 7.05. The quantitative estimate of drug-likeness (QED) is 0.209. The number of alkyl halides is 1. The number of phosphoric acid groups is 1. The van der Waals surface area contributed by atoms with Crippen molar-refractivity contribution < 1.29 is 75.0 Å². The first kappa shape index (κ1) is 27.1. The van der Waals surface area contributed by atoms with Crippen molar-refractivity contribution in [3.05, 3.63) is 29.8 Å². The standard InChI is InChI=1S/C18H30ClO5P.K/c1-2-3-4-5-6-7-8-11-16-12-9-10-13-18(16)24-25(21,22)23-15-17(20)14-19;/h9-10,12-13,17,20H,2-8,11,14-15H2,1H3,(H,21,22);/q;+1/p-1. The van der Waals surface area contributed by atoms with Crippen LogP contribution in [0, 0.1) is 0 Å². The summed E-state index contributed by atoms with van der Waals surface area (Å²) in [6.45, 7) is 1.79. The molecule has 0 aliphatic rings. The summed E-state index contributed by atoms with van der Waals surface area (Å²) < 4.78 is 21.6. The minimum absolute atomic E-state index is 0. The molecule has 1 aromatic carbocycles. The second kappa shape index (κ2) is 15.9. The Bertz CT molecular complexity index is 532. The molecule has 0 fully saturated rings. The first-order chi connectivity index (χ1) is 12.0. The van der Waals surface area contributed by atoms with Crippen LogP contribution in [0.25, 0.3) is 0 Å². The van der Waals surface area contributed by atoms with Gasteiger partial charge in [-0.15, -0.1) is 11.6 Å². The van der Waals surface area contributed by atoms with Crippen molar-refractivity contribution in [3.63, 3.8) is 0 Å². The maximum atomic E-state index is 11.9. The van der Waals surface area contributed by atoms with Crippen molar-refractivity contribution in [2.75, 3.05) is 12.5 Å². The van der Waals surface area contributed by atoms with Crippen molar-refractivity contribution in [1.29, 1.82) is 0 Å². The Morgan fingerprint density at radius 2 is 1.77 bits per heavy atom. The molecule has 0 saturated carbocycles. The van der Waals surface area contributed by atoms with Crippen molar-refractivity contribution in [3.8, 4) is 5.75 Å². The monoisotopic (exact) mass is 430 g/mol. The molecule has 0 aliphatic carbocycles. The molecule has 0 bridgehead atoms. The minimum atomic E-state index is -4.53. The molecule has 144 valence electrons. The maximum absolute atomic E-state index is 11.9. The second-order valence-electron chi connectivity index (χ2n) is 6.12. The van der Waals surface area contributed by atoms with E-state index in [9.17, 15) is 14.6 Å². The third-order valence-corrected chi connectivity index (χ3v) is 5.08. The van der Waals surface area contributed by atoms with E-state index in [1.54, 1.807) is 12.1 Å². The number of aliphatic hydroxyl groups excluding tert-OH is 1. The van der Waals surface area contributed by atoms with Gasteiger partial charge in [0.15, 0.2) is 0 Å². The Morgan fingerprint density at radius 1 is 1.15 bits per heavy atom. The number of benzene rings is 1. The molecule has 8 heteroatoms. The third-order valence-electron chi connectivity index (χ3n) is 3.84. The van der Waals surface area contributed by atoms with Crippen LogP contribution in [0.15, 0.2) is 24.3 Å². The van der Waals surface area contributed by atoms with Gasteiger partial charge in [0.1, 0.15) is 5.75 Å². The number of aliphatic hydroxyl groups is 1. The van der Waals surface area contributed by atoms with Gasteiger partial charge in [-0.3, -0.25) is 4.57 Å². The fourth-order valence-corrected chi connectivity index (χ4v) is 3.36. The van der Waals surface area contributed by atoms with Crippen LogP contribution in [0.5, 0.6) is 5.75 Å². The van der Waals surface area contributed by atoms with Gasteiger partial charge in [0, 0.05) is 0 Å². The van der Waals surface area contributed by atoms with Crippen LogP contribution in [0.2, 0.25) is 0 Å². The molecule has 1 N–H and O–H groups in total. The summed E-state index contributed by atoms with van der Waals surface area (Å²) in [5, 5.41) is 9.29. The average Bonchev–Trinajstić information content (AvgIpc) is 2.60. The van der Waals surface area contributed by atoms with E-state index in [1.165, 1.54) is 32.1 Å². The van der Waals surface area contributed by atoms with E-state index < -0.39 is 20.5 Å². The van der Waals surface area contributed by atoms with E-state index in [0.717, 1.165) is 24.8 Å². The molecule has 1 aromatic rings. The number of rotatable bonds is 14. The number of unbranched alkanes of at least 4 members (excludes halogenated alkanes) is 6. The zero-order chi connectivity index (χ0) is 18.5. The van der Waals surface area contributed by atoms with Gasteiger partial charge in [-0.1, -0.05) is 63.6 Å². The normalized spacial score (nSPS) is 14.3. The molecule has 2 unspecified atom stereocenters. The maximum Gasteiger partial charge on any atom is 1.00 e. The van der Waals surface area contributed by atoms with E-state index in [0.29, 0.717) is 0 Å². The third kappa shape index (κ3) is 12.5. The van der Waals surface area contributed by atoms with Gasteiger partial charge < -0.3 is 19.0 Å². The Kier molecular flexibility index (Phi) is 16.6. The number of hydrogen-bond acceptors (Lipinski definition) is 5. The number of hydrogen-bond donors (Lipinski definition) is 1.